The van der Waals surface area contributed by atoms with Crippen molar-refractivity contribution >= 4 is 56.9 Å². The normalized spacial score (nSPS) is 16.2. The van der Waals surface area contributed by atoms with E-state index in [1.165, 1.54) is 0 Å². The number of nitrogens with one attached hydrogen (secondary N) is 1. The van der Waals surface area contributed by atoms with Crippen LogP contribution in [0.1, 0.15) is 37.4 Å². The van der Waals surface area contributed by atoms with Crippen molar-refractivity contribution in [1.29, 1.82) is 0 Å². The van der Waals surface area contributed by atoms with E-state index in [4.69, 9.17) is 5.11 Å². The number of thiazole rings is 1. The molecule has 0 saturated carbocycles. The number of rotatable bonds is 9. The van der Waals surface area contributed by atoms with Gasteiger partial charge in [0.25, 0.3) is 5.24 Å². The Morgan fingerprint density at radius 2 is 1.97 bits per heavy atom. The second kappa shape index (κ2) is 9.86. The van der Waals surface area contributed by atoms with Gasteiger partial charge in [-0.25, -0.2) is 9.88 Å². The minimum Gasteiger partial charge on any atom is -0.481 e. The number of anilines is 2. The minimum atomic E-state index is -1.01. The van der Waals surface area contributed by atoms with Gasteiger partial charge in [0.1, 0.15) is 5.25 Å². The number of amides is 3. The zero-order valence-corrected chi connectivity index (χ0v) is 17.9. The fraction of sp³-hybridized carbons (Fsp3) is 0.350. The maximum Gasteiger partial charge on any atom is 0.309 e. The lowest BCUT2D eigenvalue weighted by atomic mass is 10.1. The van der Waals surface area contributed by atoms with Crippen LogP contribution in [0.15, 0.2) is 29.6 Å². The summed E-state index contributed by atoms with van der Waals surface area (Å²) in [4.78, 5) is 53.2. The van der Waals surface area contributed by atoms with Crippen LogP contribution in [0.4, 0.5) is 15.6 Å². The molecule has 1 aliphatic heterocycles. The molecule has 2 aromatic rings. The van der Waals surface area contributed by atoms with Crippen molar-refractivity contribution in [2.45, 2.75) is 44.3 Å². The molecule has 0 bridgehead atoms. The van der Waals surface area contributed by atoms with Gasteiger partial charge >= 0.3 is 5.97 Å². The molecular weight excluding hydrogens is 426 g/mol. The number of carbonyl (C=O) groups is 4. The number of unbranched alkanes of at least 4 members (excludes halogenated alkanes) is 1. The Kier molecular flexibility index (Phi) is 7.22. The Hall–Kier alpha value is -2.72. The summed E-state index contributed by atoms with van der Waals surface area (Å²) < 4.78 is 0. The van der Waals surface area contributed by atoms with Gasteiger partial charge in [0.15, 0.2) is 5.13 Å². The number of carboxylic acid groups (broad SMARTS) is 1. The predicted molar refractivity (Wildman–Crippen MR) is 116 cm³/mol. The number of hydrogen-bond acceptors (Lipinski definition) is 7. The number of aryl methyl sites for hydroxylation is 1. The largest absolute Gasteiger partial charge is 0.481 e. The highest BCUT2D eigenvalue weighted by Crippen LogP contribution is 2.34. The van der Waals surface area contributed by atoms with Gasteiger partial charge in [0, 0.05) is 11.8 Å². The summed E-state index contributed by atoms with van der Waals surface area (Å²) in [7, 11) is 0. The number of thioether (sulfide) groups is 1. The molecular formula is C20H21N3O5S2. The summed E-state index contributed by atoms with van der Waals surface area (Å²) in [6.07, 6.45) is 2.71. The highest BCUT2D eigenvalue weighted by atomic mass is 32.2. The zero-order chi connectivity index (χ0) is 21.7. The second-order valence-corrected chi connectivity index (χ2v) is 8.79. The molecule has 2 N–H and O–H groups in total. The molecule has 2 heterocycles. The van der Waals surface area contributed by atoms with Gasteiger partial charge in [-0.3, -0.25) is 19.2 Å². The number of carbonyl (C=O) groups excluding carboxylic acids is 3. The van der Waals surface area contributed by atoms with E-state index in [0.717, 1.165) is 52.8 Å². The van der Waals surface area contributed by atoms with Gasteiger partial charge in [0.2, 0.25) is 11.8 Å². The summed E-state index contributed by atoms with van der Waals surface area (Å²) in [5, 5.41) is 11.9. The molecule has 8 nitrogen and oxygen atoms in total. The highest BCUT2D eigenvalue weighted by molar-refractivity contribution is 8.15. The van der Waals surface area contributed by atoms with Crippen LogP contribution in [0.5, 0.6) is 0 Å². The first kappa shape index (κ1) is 22.0. The maximum atomic E-state index is 12.7. The quantitative estimate of drug-likeness (QED) is 0.602. The van der Waals surface area contributed by atoms with Gasteiger partial charge in [-0.1, -0.05) is 25.5 Å². The van der Waals surface area contributed by atoms with Crippen LogP contribution in [-0.4, -0.2) is 38.4 Å². The number of hydrogen-bond donors (Lipinski definition) is 2. The first-order valence-corrected chi connectivity index (χ1v) is 11.2. The number of aromatic nitrogens is 1. The molecule has 0 aliphatic carbocycles. The Bertz CT molecular complexity index is 958. The van der Waals surface area contributed by atoms with Crippen LogP contribution in [0.3, 0.4) is 0 Å². The van der Waals surface area contributed by atoms with Gasteiger partial charge in [0.05, 0.1) is 17.8 Å². The average Bonchev–Trinajstić information content (AvgIpc) is 3.23. The zero-order valence-electron chi connectivity index (χ0n) is 16.3. The van der Waals surface area contributed by atoms with Crippen molar-refractivity contribution in [1.82, 2.24) is 4.98 Å². The van der Waals surface area contributed by atoms with Gasteiger partial charge in [-0.15, -0.1) is 11.3 Å². The van der Waals surface area contributed by atoms with Crippen LogP contribution >= 0.6 is 23.1 Å². The fourth-order valence-corrected chi connectivity index (χ4v) is 4.66. The molecule has 10 heteroatoms. The predicted octanol–water partition coefficient (Wildman–Crippen LogP) is 3.71. The average molecular weight is 448 g/mol. The molecule has 1 aromatic heterocycles. The lowest BCUT2D eigenvalue weighted by Crippen LogP contribution is -2.32. The molecule has 1 unspecified atom stereocenters. The molecule has 0 radical (unpaired) electrons. The summed E-state index contributed by atoms with van der Waals surface area (Å²) in [5.41, 5.74) is 1.99. The van der Waals surface area contributed by atoms with E-state index in [9.17, 15) is 19.2 Å². The number of benzene rings is 1. The Morgan fingerprint density at radius 1 is 1.23 bits per heavy atom. The standard InChI is InChI=1S/C20H21N3O5S2/c1-2-3-4-12-5-7-14(8-6-12)23-18(27)15(30-20(23)28)10-16(24)22-19-21-13(11-29-19)9-17(25)26/h5-8,11,15H,2-4,9-10H2,1H3,(H,25,26)(H,21,22,24). The Labute approximate surface area is 181 Å². The van der Waals surface area contributed by atoms with Crippen molar-refractivity contribution in [2.75, 3.05) is 10.2 Å². The monoisotopic (exact) mass is 447 g/mol. The van der Waals surface area contributed by atoms with E-state index >= 15 is 0 Å². The van der Waals surface area contributed by atoms with Crippen molar-refractivity contribution < 1.29 is 24.3 Å². The number of aliphatic carboxylic acids is 1. The number of carboxylic acids is 1. The highest BCUT2D eigenvalue weighted by Gasteiger charge is 2.41. The third-order valence-corrected chi connectivity index (χ3v) is 6.28. The maximum absolute atomic E-state index is 12.7. The van der Waals surface area contributed by atoms with Gasteiger partial charge in [-0.2, -0.15) is 0 Å². The lowest BCUT2D eigenvalue weighted by Gasteiger charge is -2.14. The molecule has 1 aromatic carbocycles. The molecule has 1 aliphatic rings. The van der Waals surface area contributed by atoms with Crippen molar-refractivity contribution in [3.63, 3.8) is 0 Å². The summed E-state index contributed by atoms with van der Waals surface area (Å²) in [6, 6.07) is 7.33. The summed E-state index contributed by atoms with van der Waals surface area (Å²) in [5.74, 6) is -1.89. The van der Waals surface area contributed by atoms with Crippen molar-refractivity contribution in [2.24, 2.45) is 0 Å². The van der Waals surface area contributed by atoms with E-state index < -0.39 is 28.3 Å². The van der Waals surface area contributed by atoms with Crippen molar-refractivity contribution in [3.05, 3.63) is 40.9 Å². The first-order chi connectivity index (χ1) is 14.4. The topological polar surface area (TPSA) is 117 Å². The van der Waals surface area contributed by atoms with Crippen LogP contribution in [-0.2, 0) is 27.2 Å². The smallest absolute Gasteiger partial charge is 0.309 e. The molecule has 158 valence electrons. The molecule has 0 spiro atoms. The minimum absolute atomic E-state index is 0.172. The summed E-state index contributed by atoms with van der Waals surface area (Å²) in [6.45, 7) is 2.12. The SMILES string of the molecule is CCCCc1ccc(N2C(=O)SC(CC(=O)Nc3nc(CC(=O)O)cs3)C2=O)cc1. The third kappa shape index (κ3) is 5.45. The van der Waals surface area contributed by atoms with Crippen LogP contribution in [0.25, 0.3) is 0 Å². The first-order valence-electron chi connectivity index (χ1n) is 9.47. The van der Waals surface area contributed by atoms with Crippen LogP contribution in [0, 0.1) is 0 Å². The fourth-order valence-electron chi connectivity index (χ4n) is 2.95. The van der Waals surface area contributed by atoms with Gasteiger partial charge in [-0.05, 0) is 42.3 Å². The Morgan fingerprint density at radius 3 is 2.63 bits per heavy atom. The molecule has 3 amide bonds. The molecule has 1 fully saturated rings. The van der Waals surface area contributed by atoms with E-state index in [1.807, 2.05) is 12.1 Å². The number of nitrogens with zero attached hydrogens (tertiary/aromatic N) is 2. The van der Waals surface area contributed by atoms with Gasteiger partial charge < -0.3 is 10.4 Å². The lowest BCUT2D eigenvalue weighted by molar-refractivity contribution is -0.136. The summed E-state index contributed by atoms with van der Waals surface area (Å²) >= 11 is 1.94. The molecule has 1 saturated heterocycles. The van der Waals surface area contributed by atoms with Crippen molar-refractivity contribution in [3.8, 4) is 0 Å². The van der Waals surface area contributed by atoms with E-state index in [1.54, 1.807) is 17.5 Å². The van der Waals surface area contributed by atoms with E-state index in [2.05, 4.69) is 17.2 Å². The van der Waals surface area contributed by atoms with Crippen LogP contribution in [0.2, 0.25) is 0 Å². The van der Waals surface area contributed by atoms with Crippen LogP contribution < -0.4 is 10.2 Å². The third-order valence-electron chi connectivity index (χ3n) is 4.44. The second-order valence-electron chi connectivity index (χ2n) is 6.78. The molecule has 3 rings (SSSR count). The molecule has 30 heavy (non-hydrogen) atoms. The van der Waals surface area contributed by atoms with E-state index in [0.29, 0.717) is 11.4 Å². The Balaban J connectivity index is 1.59. The molecule has 1 atom stereocenters. The van der Waals surface area contributed by atoms with E-state index in [-0.39, 0.29) is 18.0 Å². The number of imide groups is 1.